The maximum Gasteiger partial charge on any atom is 0.410 e. The van der Waals surface area contributed by atoms with Gasteiger partial charge in [-0.1, -0.05) is 48.5 Å². The van der Waals surface area contributed by atoms with Crippen molar-refractivity contribution in [3.05, 3.63) is 65.7 Å². The van der Waals surface area contributed by atoms with Gasteiger partial charge in [0.15, 0.2) is 0 Å². The molecule has 8 nitrogen and oxygen atoms in total. The number of hydrogen-bond acceptors (Lipinski definition) is 6. The van der Waals surface area contributed by atoms with Gasteiger partial charge in [0.2, 0.25) is 0 Å². The average Bonchev–Trinajstić information content (AvgIpc) is 2.82. The molecule has 184 valence electrons. The summed E-state index contributed by atoms with van der Waals surface area (Å²) in [5.74, 6) is 0.800. The van der Waals surface area contributed by atoms with E-state index in [1.54, 1.807) is 16.9 Å². The van der Waals surface area contributed by atoms with Gasteiger partial charge in [0.1, 0.15) is 18.0 Å². The van der Waals surface area contributed by atoms with Gasteiger partial charge >= 0.3 is 12.2 Å². The molecule has 3 rings (SSSR count). The van der Waals surface area contributed by atoms with Crippen molar-refractivity contribution < 1.29 is 23.8 Å². The number of carbonyl (C=O) groups is 2. The Morgan fingerprint density at radius 1 is 1.00 bits per heavy atom. The molecule has 0 saturated carbocycles. The number of benzene rings is 2. The van der Waals surface area contributed by atoms with Crippen LogP contribution >= 0.6 is 0 Å². The zero-order chi connectivity index (χ0) is 24.6. The number of nitrogens with one attached hydrogen (secondary N) is 1. The number of para-hydroxylation sites is 1. The molecule has 0 unspecified atom stereocenters. The molecule has 1 saturated heterocycles. The van der Waals surface area contributed by atoms with Gasteiger partial charge in [-0.3, -0.25) is 0 Å². The Labute approximate surface area is 201 Å². The van der Waals surface area contributed by atoms with Gasteiger partial charge in [-0.15, -0.1) is 0 Å². The molecule has 1 heterocycles. The predicted molar refractivity (Wildman–Crippen MR) is 130 cm³/mol. The molecule has 34 heavy (non-hydrogen) atoms. The van der Waals surface area contributed by atoms with E-state index in [1.165, 1.54) is 0 Å². The average molecular weight is 470 g/mol. The third-order valence-electron chi connectivity index (χ3n) is 5.46. The summed E-state index contributed by atoms with van der Waals surface area (Å²) in [6.07, 6.45) is -0.767. The monoisotopic (exact) mass is 469 g/mol. The first kappa shape index (κ1) is 25.4. The van der Waals surface area contributed by atoms with Crippen molar-refractivity contribution in [1.29, 1.82) is 0 Å². The highest BCUT2D eigenvalue weighted by atomic mass is 16.6. The first-order valence-electron chi connectivity index (χ1n) is 11.5. The number of ether oxygens (including phenoxy) is 3. The molecule has 1 aliphatic rings. The molecule has 0 aliphatic carbocycles. The number of rotatable bonds is 7. The zero-order valence-electron chi connectivity index (χ0n) is 20.5. The third kappa shape index (κ3) is 7.38. The van der Waals surface area contributed by atoms with Crippen molar-refractivity contribution in [2.24, 2.45) is 0 Å². The quantitative estimate of drug-likeness (QED) is 0.659. The van der Waals surface area contributed by atoms with Crippen LogP contribution in [0.3, 0.4) is 0 Å². The molecule has 1 fully saturated rings. The van der Waals surface area contributed by atoms with E-state index in [-0.39, 0.29) is 24.8 Å². The summed E-state index contributed by atoms with van der Waals surface area (Å²) in [7, 11) is 1.64. The molecule has 0 bridgehead atoms. The molecular formula is C26H35N3O5. The zero-order valence-corrected chi connectivity index (χ0v) is 20.5. The summed E-state index contributed by atoms with van der Waals surface area (Å²) in [6, 6.07) is 17.1. The minimum atomic E-state index is -0.599. The first-order valence-corrected chi connectivity index (χ1v) is 11.5. The molecule has 0 spiro atoms. The molecule has 1 N–H and O–H groups in total. The molecule has 2 aromatic rings. The van der Waals surface area contributed by atoms with E-state index in [0.717, 1.165) is 16.9 Å². The lowest BCUT2D eigenvalue weighted by atomic mass is 10.1. The summed E-state index contributed by atoms with van der Waals surface area (Å²) in [5, 5.41) is 3.40. The Kier molecular flexibility index (Phi) is 8.76. The van der Waals surface area contributed by atoms with Gasteiger partial charge in [0, 0.05) is 38.3 Å². The van der Waals surface area contributed by atoms with E-state index in [2.05, 4.69) is 5.32 Å². The second kappa shape index (κ2) is 11.7. The van der Waals surface area contributed by atoms with Crippen LogP contribution in [0, 0.1) is 0 Å². The lowest BCUT2D eigenvalue weighted by Gasteiger charge is -2.41. The normalized spacial score (nSPS) is 16.2. The summed E-state index contributed by atoms with van der Waals surface area (Å²) in [6.45, 7) is 7.91. The predicted octanol–water partition coefficient (Wildman–Crippen LogP) is 4.04. The Hall–Kier alpha value is -3.26. The second-order valence-electron chi connectivity index (χ2n) is 9.26. The highest BCUT2D eigenvalue weighted by molar-refractivity contribution is 5.71. The van der Waals surface area contributed by atoms with Crippen LogP contribution in [0.2, 0.25) is 0 Å². The topological polar surface area (TPSA) is 80.3 Å². The van der Waals surface area contributed by atoms with Gasteiger partial charge < -0.3 is 29.3 Å². The number of hydrogen-bond donors (Lipinski definition) is 1. The molecule has 2 aromatic carbocycles. The molecule has 0 aromatic heterocycles. The van der Waals surface area contributed by atoms with E-state index < -0.39 is 5.60 Å². The summed E-state index contributed by atoms with van der Waals surface area (Å²) in [5.41, 5.74) is 1.35. The van der Waals surface area contributed by atoms with E-state index in [9.17, 15) is 9.59 Å². The minimum Gasteiger partial charge on any atom is -0.496 e. The highest BCUT2D eigenvalue weighted by Gasteiger charge is 2.35. The Morgan fingerprint density at radius 3 is 2.41 bits per heavy atom. The maximum absolute atomic E-state index is 12.9. The molecular weight excluding hydrogens is 434 g/mol. The van der Waals surface area contributed by atoms with Crippen molar-refractivity contribution in [2.75, 3.05) is 33.3 Å². The SMILES string of the molecule is COc1ccccc1CNC[C@@H]1CN(C(=O)OCc2ccccc2)CCN1C(=O)OC(C)(C)C. The van der Waals surface area contributed by atoms with Crippen LogP contribution in [0.4, 0.5) is 9.59 Å². The fraction of sp³-hybridized carbons (Fsp3) is 0.462. The molecule has 8 heteroatoms. The largest absolute Gasteiger partial charge is 0.496 e. The number of methoxy groups -OCH3 is 1. The van der Waals surface area contributed by atoms with E-state index in [4.69, 9.17) is 14.2 Å². The standard InChI is InChI=1S/C26H35N3O5/c1-26(2,3)34-25(31)29-15-14-28(24(30)33-19-20-10-6-5-7-11-20)18-22(29)17-27-16-21-12-8-9-13-23(21)32-4/h5-13,22,27H,14-19H2,1-4H3/t22-/m1/s1. The molecule has 2 amide bonds. The third-order valence-corrected chi connectivity index (χ3v) is 5.46. The van der Waals surface area contributed by atoms with Crippen molar-refractivity contribution in [3.63, 3.8) is 0 Å². The summed E-state index contributed by atoms with van der Waals surface area (Å²) >= 11 is 0. The van der Waals surface area contributed by atoms with Crippen molar-refractivity contribution in [3.8, 4) is 5.75 Å². The van der Waals surface area contributed by atoms with Crippen LogP contribution in [0.25, 0.3) is 0 Å². The van der Waals surface area contributed by atoms with E-state index in [0.29, 0.717) is 32.7 Å². The lowest BCUT2D eigenvalue weighted by Crippen LogP contribution is -2.60. The van der Waals surface area contributed by atoms with Crippen LogP contribution in [0.1, 0.15) is 31.9 Å². The van der Waals surface area contributed by atoms with Crippen LogP contribution < -0.4 is 10.1 Å². The Morgan fingerprint density at radius 2 is 1.71 bits per heavy atom. The molecule has 0 radical (unpaired) electrons. The van der Waals surface area contributed by atoms with Gasteiger partial charge in [0.25, 0.3) is 0 Å². The Bertz CT molecular complexity index is 945. The minimum absolute atomic E-state index is 0.211. The van der Waals surface area contributed by atoms with Crippen LogP contribution in [-0.4, -0.2) is 66.9 Å². The van der Waals surface area contributed by atoms with Crippen LogP contribution in [-0.2, 0) is 22.6 Å². The number of carbonyl (C=O) groups excluding carboxylic acids is 2. The summed E-state index contributed by atoms with van der Waals surface area (Å²) < 4.78 is 16.5. The number of piperazine rings is 1. The van der Waals surface area contributed by atoms with Gasteiger partial charge in [0.05, 0.1) is 13.2 Å². The summed E-state index contributed by atoms with van der Waals surface area (Å²) in [4.78, 5) is 28.9. The fourth-order valence-corrected chi connectivity index (χ4v) is 3.79. The molecule has 1 atom stereocenters. The highest BCUT2D eigenvalue weighted by Crippen LogP contribution is 2.19. The number of amides is 2. The Balaban J connectivity index is 1.63. The lowest BCUT2D eigenvalue weighted by molar-refractivity contribution is -0.00301. The van der Waals surface area contributed by atoms with Gasteiger partial charge in [-0.25, -0.2) is 9.59 Å². The van der Waals surface area contributed by atoms with Crippen molar-refractivity contribution >= 4 is 12.2 Å². The number of nitrogens with zero attached hydrogens (tertiary/aromatic N) is 2. The van der Waals surface area contributed by atoms with Crippen molar-refractivity contribution in [2.45, 2.75) is 45.6 Å². The molecule has 1 aliphatic heterocycles. The van der Waals surface area contributed by atoms with E-state index >= 15 is 0 Å². The first-order chi connectivity index (χ1) is 16.3. The second-order valence-corrected chi connectivity index (χ2v) is 9.26. The van der Waals surface area contributed by atoms with Gasteiger partial charge in [-0.05, 0) is 32.4 Å². The smallest absolute Gasteiger partial charge is 0.410 e. The van der Waals surface area contributed by atoms with Crippen molar-refractivity contribution in [1.82, 2.24) is 15.1 Å². The van der Waals surface area contributed by atoms with Crippen LogP contribution in [0.5, 0.6) is 5.75 Å². The van der Waals surface area contributed by atoms with Crippen LogP contribution in [0.15, 0.2) is 54.6 Å². The fourth-order valence-electron chi connectivity index (χ4n) is 3.79. The maximum atomic E-state index is 12.9. The van der Waals surface area contributed by atoms with Gasteiger partial charge in [-0.2, -0.15) is 0 Å². The van der Waals surface area contributed by atoms with E-state index in [1.807, 2.05) is 75.4 Å².